The topological polar surface area (TPSA) is 66.6 Å². The van der Waals surface area contributed by atoms with Crippen molar-refractivity contribution in [3.8, 4) is 28.7 Å². The highest BCUT2D eigenvalue weighted by molar-refractivity contribution is 5.67. The van der Waals surface area contributed by atoms with E-state index >= 15 is 0 Å². The first-order valence-electron chi connectivity index (χ1n) is 10.0. The Morgan fingerprint density at radius 1 is 0.909 bits per heavy atom. The summed E-state index contributed by atoms with van der Waals surface area (Å²) in [5.74, 6) is 2.12. The third-order valence-corrected chi connectivity index (χ3v) is 4.63. The van der Waals surface area contributed by atoms with E-state index in [0.717, 1.165) is 22.6 Å². The first-order valence-corrected chi connectivity index (χ1v) is 10.0. The van der Waals surface area contributed by atoms with Crippen LogP contribution in [0.15, 0.2) is 77.2 Å². The largest absolute Gasteiger partial charge is 0.496 e. The van der Waals surface area contributed by atoms with Crippen molar-refractivity contribution in [1.82, 2.24) is 10.2 Å². The zero-order valence-corrected chi connectivity index (χ0v) is 17.7. The maximum absolute atomic E-state index is 12.3. The maximum atomic E-state index is 12.3. The van der Waals surface area contributed by atoms with E-state index in [1.54, 1.807) is 25.3 Å². The molecule has 168 valence electrons. The number of hydrogen-bond acceptors (Lipinski definition) is 6. The van der Waals surface area contributed by atoms with Crippen molar-refractivity contribution >= 4 is 12.2 Å². The molecule has 0 saturated heterocycles. The molecule has 0 aliphatic rings. The highest BCUT2D eigenvalue weighted by atomic mass is 19.3. The zero-order chi connectivity index (χ0) is 23.0. The Bertz CT molecular complexity index is 1210. The molecule has 33 heavy (non-hydrogen) atoms. The summed E-state index contributed by atoms with van der Waals surface area (Å²) in [6, 6.07) is 21.2. The summed E-state index contributed by atoms with van der Waals surface area (Å²) < 4.78 is 45.8. The number of para-hydroxylation sites is 1. The van der Waals surface area contributed by atoms with Crippen molar-refractivity contribution in [3.05, 3.63) is 89.8 Å². The lowest BCUT2D eigenvalue weighted by atomic mass is 10.1. The van der Waals surface area contributed by atoms with Gasteiger partial charge in [-0.15, -0.1) is 10.2 Å². The van der Waals surface area contributed by atoms with Gasteiger partial charge >= 0.3 is 6.61 Å². The summed E-state index contributed by atoms with van der Waals surface area (Å²) in [4.78, 5) is 0. The predicted molar refractivity (Wildman–Crippen MR) is 119 cm³/mol. The second-order valence-electron chi connectivity index (χ2n) is 6.85. The molecule has 8 heteroatoms. The molecule has 0 bridgehead atoms. The minimum Gasteiger partial charge on any atom is -0.496 e. The second-order valence-corrected chi connectivity index (χ2v) is 6.85. The molecule has 0 amide bonds. The minimum absolute atomic E-state index is 0.0555. The summed E-state index contributed by atoms with van der Waals surface area (Å²) in [6.07, 6.45) is 3.52. The van der Waals surface area contributed by atoms with Crippen LogP contribution in [0.25, 0.3) is 23.6 Å². The number of alkyl halides is 2. The third-order valence-electron chi connectivity index (χ3n) is 4.63. The van der Waals surface area contributed by atoms with E-state index in [1.165, 1.54) is 12.1 Å². The van der Waals surface area contributed by atoms with Gasteiger partial charge in [0.2, 0.25) is 11.8 Å². The summed E-state index contributed by atoms with van der Waals surface area (Å²) in [5.41, 5.74) is 2.38. The Hall–Kier alpha value is -4.20. The molecule has 0 unspecified atom stereocenters. The van der Waals surface area contributed by atoms with Crippen molar-refractivity contribution in [2.24, 2.45) is 0 Å². The van der Waals surface area contributed by atoms with Crippen LogP contribution in [0.3, 0.4) is 0 Å². The number of halogens is 2. The molecule has 4 aromatic rings. The molecule has 4 rings (SSSR count). The standard InChI is InChI=1S/C25H20F2N2O4/c1-30-22-13-7-17(15-19(22)16-31-20-5-3-2-4-6-20)8-14-23-28-29-24(33-23)18-9-11-21(12-10-18)32-25(26)27/h2-15,25H,16H2,1H3/b14-8-. The van der Waals surface area contributed by atoms with Crippen LogP contribution in [0.5, 0.6) is 17.2 Å². The van der Waals surface area contributed by atoms with Gasteiger partial charge in [0, 0.05) is 17.2 Å². The average Bonchev–Trinajstić information content (AvgIpc) is 3.31. The lowest BCUT2D eigenvalue weighted by Crippen LogP contribution is -2.01. The Morgan fingerprint density at radius 2 is 1.70 bits per heavy atom. The van der Waals surface area contributed by atoms with E-state index in [2.05, 4.69) is 14.9 Å². The molecule has 0 fully saturated rings. The van der Waals surface area contributed by atoms with Crippen molar-refractivity contribution < 1.29 is 27.4 Å². The van der Waals surface area contributed by atoms with Gasteiger partial charge < -0.3 is 18.6 Å². The average molecular weight is 450 g/mol. The zero-order valence-electron chi connectivity index (χ0n) is 17.7. The van der Waals surface area contributed by atoms with Gasteiger partial charge in [0.05, 0.1) is 7.11 Å². The summed E-state index contributed by atoms with van der Waals surface area (Å²) in [5, 5.41) is 8.01. The van der Waals surface area contributed by atoms with E-state index in [-0.39, 0.29) is 11.6 Å². The molecular formula is C25H20F2N2O4. The van der Waals surface area contributed by atoms with Crippen LogP contribution < -0.4 is 14.2 Å². The Labute approximate surface area is 189 Å². The smallest absolute Gasteiger partial charge is 0.387 e. The maximum Gasteiger partial charge on any atom is 0.387 e. The lowest BCUT2D eigenvalue weighted by Gasteiger charge is -2.11. The number of nitrogens with zero attached hydrogens (tertiary/aromatic N) is 2. The van der Waals surface area contributed by atoms with Gasteiger partial charge in [0.25, 0.3) is 0 Å². The van der Waals surface area contributed by atoms with Gasteiger partial charge in [-0.2, -0.15) is 8.78 Å². The van der Waals surface area contributed by atoms with Crippen LogP contribution in [0, 0.1) is 0 Å². The van der Waals surface area contributed by atoms with E-state index in [9.17, 15) is 8.78 Å². The molecule has 6 nitrogen and oxygen atoms in total. The molecule has 3 aromatic carbocycles. The fourth-order valence-electron chi connectivity index (χ4n) is 3.06. The van der Waals surface area contributed by atoms with Crippen molar-refractivity contribution in [2.45, 2.75) is 13.2 Å². The Balaban J connectivity index is 1.45. The third kappa shape index (κ3) is 5.94. The van der Waals surface area contributed by atoms with Crippen molar-refractivity contribution in [2.75, 3.05) is 7.11 Å². The monoisotopic (exact) mass is 450 g/mol. The van der Waals surface area contributed by atoms with E-state index < -0.39 is 6.61 Å². The summed E-state index contributed by atoms with van der Waals surface area (Å²) in [7, 11) is 1.61. The van der Waals surface area contributed by atoms with Gasteiger partial charge in [-0.25, -0.2) is 0 Å². The summed E-state index contributed by atoms with van der Waals surface area (Å²) in [6.45, 7) is -2.52. The van der Waals surface area contributed by atoms with Gasteiger partial charge in [0.1, 0.15) is 23.9 Å². The number of aromatic nitrogens is 2. The number of rotatable bonds is 9. The molecule has 0 atom stereocenters. The van der Waals surface area contributed by atoms with Crippen LogP contribution in [0.4, 0.5) is 8.78 Å². The number of hydrogen-bond donors (Lipinski definition) is 0. The lowest BCUT2D eigenvalue weighted by molar-refractivity contribution is -0.0498. The van der Waals surface area contributed by atoms with E-state index in [4.69, 9.17) is 13.9 Å². The SMILES string of the molecule is COc1ccc(/C=C\c2nnc(-c3ccc(OC(F)F)cc3)o2)cc1COc1ccccc1. The van der Waals surface area contributed by atoms with Crippen LogP contribution in [0.1, 0.15) is 17.0 Å². The molecule has 0 saturated carbocycles. The van der Waals surface area contributed by atoms with Gasteiger partial charge in [-0.1, -0.05) is 24.3 Å². The van der Waals surface area contributed by atoms with E-state index in [1.807, 2.05) is 54.6 Å². The number of ether oxygens (including phenoxy) is 3. The van der Waals surface area contributed by atoms with Crippen LogP contribution >= 0.6 is 0 Å². The van der Waals surface area contributed by atoms with Crippen molar-refractivity contribution in [1.29, 1.82) is 0 Å². The first kappa shape index (κ1) is 22.0. The normalized spacial score (nSPS) is 11.2. The van der Waals surface area contributed by atoms with E-state index in [0.29, 0.717) is 18.1 Å². The Morgan fingerprint density at radius 3 is 2.42 bits per heavy atom. The van der Waals surface area contributed by atoms with Crippen LogP contribution in [0.2, 0.25) is 0 Å². The van der Waals surface area contributed by atoms with Crippen LogP contribution in [-0.2, 0) is 6.61 Å². The molecule has 0 radical (unpaired) electrons. The van der Waals surface area contributed by atoms with Crippen LogP contribution in [-0.4, -0.2) is 23.9 Å². The number of benzene rings is 3. The predicted octanol–water partition coefficient (Wildman–Crippen LogP) is 6.10. The van der Waals surface area contributed by atoms with Gasteiger partial charge in [-0.3, -0.25) is 0 Å². The molecule has 0 aliphatic heterocycles. The fraction of sp³-hybridized carbons (Fsp3) is 0.120. The van der Waals surface area contributed by atoms with Gasteiger partial charge in [0.15, 0.2) is 0 Å². The first-order chi connectivity index (χ1) is 16.1. The summed E-state index contributed by atoms with van der Waals surface area (Å²) >= 11 is 0. The molecule has 0 spiro atoms. The number of methoxy groups -OCH3 is 1. The Kier molecular flexibility index (Phi) is 6.94. The van der Waals surface area contributed by atoms with Crippen molar-refractivity contribution in [3.63, 3.8) is 0 Å². The molecular weight excluding hydrogens is 430 g/mol. The minimum atomic E-state index is -2.88. The second kappa shape index (κ2) is 10.4. The van der Waals surface area contributed by atoms with Gasteiger partial charge in [-0.05, 0) is 60.2 Å². The molecule has 1 heterocycles. The fourth-order valence-corrected chi connectivity index (χ4v) is 3.06. The molecule has 0 aliphatic carbocycles. The molecule has 1 aromatic heterocycles. The quantitative estimate of drug-likeness (QED) is 0.307. The highest BCUT2D eigenvalue weighted by Crippen LogP contribution is 2.25. The highest BCUT2D eigenvalue weighted by Gasteiger charge is 2.09. The molecule has 0 N–H and O–H groups in total.